The van der Waals surface area contributed by atoms with Gasteiger partial charge in [-0.1, -0.05) is 50.8 Å². The van der Waals surface area contributed by atoms with Crippen LogP contribution in [0.3, 0.4) is 0 Å². The molecule has 3 N–H and O–H groups in total. The van der Waals surface area contributed by atoms with Gasteiger partial charge in [0.15, 0.2) is 9.84 Å². The Morgan fingerprint density at radius 2 is 1.64 bits per heavy atom. The number of carboxylic acid groups (broad SMARTS) is 1. The molecule has 2 amide bonds. The van der Waals surface area contributed by atoms with E-state index in [0.29, 0.717) is 0 Å². The molecule has 0 saturated heterocycles. The van der Waals surface area contributed by atoms with Gasteiger partial charge >= 0.3 is 12.1 Å². The Morgan fingerprint density at radius 3 is 2.12 bits per heavy atom. The minimum absolute atomic E-state index is 0.0210. The van der Waals surface area contributed by atoms with Gasteiger partial charge in [0.1, 0.15) is 18.7 Å². The Bertz CT molecular complexity index is 951. The summed E-state index contributed by atoms with van der Waals surface area (Å²) in [5.41, 5.74) is 0.730. The summed E-state index contributed by atoms with van der Waals surface area (Å²) in [5, 5.41) is 14.3. The Labute approximate surface area is 195 Å². The lowest BCUT2D eigenvalue weighted by Gasteiger charge is -2.23. The third-order valence-corrected chi connectivity index (χ3v) is 7.25. The van der Waals surface area contributed by atoms with E-state index >= 15 is 0 Å². The van der Waals surface area contributed by atoms with Gasteiger partial charge in [-0.3, -0.25) is 4.79 Å². The molecule has 0 spiro atoms. The van der Waals surface area contributed by atoms with Gasteiger partial charge in [-0.15, -0.1) is 0 Å². The second-order valence-electron chi connectivity index (χ2n) is 9.15. The van der Waals surface area contributed by atoms with Gasteiger partial charge in [-0.05, 0) is 38.7 Å². The molecule has 9 nitrogen and oxygen atoms in total. The highest BCUT2D eigenvalue weighted by Crippen LogP contribution is 2.22. The van der Waals surface area contributed by atoms with E-state index in [4.69, 9.17) is 4.74 Å². The van der Waals surface area contributed by atoms with E-state index in [9.17, 15) is 27.9 Å². The number of carboxylic acids is 1. The predicted octanol–water partition coefficient (Wildman–Crippen LogP) is 2.67. The Balaban J connectivity index is 2.94. The molecule has 0 aliphatic carbocycles. The first kappa shape index (κ1) is 28.2. The molecule has 0 fully saturated rings. The highest BCUT2D eigenvalue weighted by molar-refractivity contribution is 7.96. The van der Waals surface area contributed by atoms with Crippen molar-refractivity contribution in [1.82, 2.24) is 10.6 Å². The van der Waals surface area contributed by atoms with E-state index in [-0.39, 0.29) is 23.7 Å². The molecule has 0 aliphatic rings. The maximum Gasteiger partial charge on any atom is 0.408 e. The predicted molar refractivity (Wildman–Crippen MR) is 125 cm³/mol. The average Bonchev–Trinajstić information content (AvgIpc) is 2.70. The SMILES string of the molecule is C=C(COC(=O)N[C@@H](Cc1ccccc1)C(=O)N[C@@H](CC(C)C)C(=O)O)S(=O)(=O)C(C)(C)C. The molecule has 0 aliphatic heterocycles. The lowest BCUT2D eigenvalue weighted by atomic mass is 10.0. The standard InChI is InChI=1S/C23H34N2O7S/c1-15(2)12-19(21(27)28)24-20(26)18(13-17-10-8-7-9-11-17)25-22(29)32-14-16(3)33(30,31)23(4,5)6/h7-11,15,18-19H,3,12-14H2,1-2,4-6H3,(H,24,26)(H,25,29)(H,27,28)/t18-,19-/m0/s1. The summed E-state index contributed by atoms with van der Waals surface area (Å²) in [6, 6.07) is 6.59. The summed E-state index contributed by atoms with van der Waals surface area (Å²) in [5.74, 6) is -1.85. The van der Waals surface area contributed by atoms with Crippen LogP contribution in [0.4, 0.5) is 4.79 Å². The summed E-state index contributed by atoms with van der Waals surface area (Å²) >= 11 is 0. The van der Waals surface area contributed by atoms with Crippen molar-refractivity contribution < 1.29 is 32.6 Å². The fraction of sp³-hybridized carbons (Fsp3) is 0.522. The van der Waals surface area contributed by atoms with Crippen LogP contribution in [-0.2, 0) is 30.6 Å². The van der Waals surface area contributed by atoms with Crippen LogP contribution >= 0.6 is 0 Å². The first-order valence-electron chi connectivity index (χ1n) is 10.6. The van der Waals surface area contributed by atoms with Gasteiger partial charge in [0.2, 0.25) is 5.91 Å². The third-order valence-electron chi connectivity index (χ3n) is 4.76. The van der Waals surface area contributed by atoms with E-state index < -0.39 is 51.2 Å². The maximum atomic E-state index is 12.9. The van der Waals surface area contributed by atoms with Crippen LogP contribution in [0, 0.1) is 5.92 Å². The topological polar surface area (TPSA) is 139 Å². The molecule has 0 heterocycles. The molecule has 0 saturated carbocycles. The van der Waals surface area contributed by atoms with Gasteiger partial charge in [0.25, 0.3) is 0 Å². The zero-order valence-corrected chi connectivity index (χ0v) is 20.6. The second kappa shape index (κ2) is 11.8. The van der Waals surface area contributed by atoms with Crippen molar-refractivity contribution in [3.05, 3.63) is 47.4 Å². The molecule has 0 unspecified atom stereocenters. The number of hydrogen-bond donors (Lipinski definition) is 3. The first-order chi connectivity index (χ1) is 15.1. The molecule has 33 heavy (non-hydrogen) atoms. The van der Waals surface area contributed by atoms with Crippen molar-refractivity contribution >= 4 is 27.8 Å². The number of aliphatic carboxylic acids is 1. The molecule has 1 aromatic carbocycles. The Morgan fingerprint density at radius 1 is 1.06 bits per heavy atom. The van der Waals surface area contributed by atoms with Crippen LogP contribution in [-0.4, -0.2) is 54.9 Å². The van der Waals surface area contributed by atoms with Gasteiger partial charge in [0.05, 0.1) is 9.65 Å². The number of sulfone groups is 1. The van der Waals surface area contributed by atoms with Crippen LogP contribution in [0.25, 0.3) is 0 Å². The average molecular weight is 483 g/mol. The van der Waals surface area contributed by atoms with Crippen molar-refractivity contribution in [3.8, 4) is 0 Å². The first-order valence-corrected chi connectivity index (χ1v) is 12.1. The number of nitrogens with one attached hydrogen (secondary N) is 2. The molecule has 10 heteroatoms. The summed E-state index contributed by atoms with van der Waals surface area (Å²) in [4.78, 5) is 36.5. The lowest BCUT2D eigenvalue weighted by Crippen LogP contribution is -2.53. The number of rotatable bonds is 11. The zero-order chi connectivity index (χ0) is 25.4. The van der Waals surface area contributed by atoms with Crippen molar-refractivity contribution in [2.75, 3.05) is 6.61 Å². The number of ether oxygens (including phenoxy) is 1. The van der Waals surface area contributed by atoms with E-state index in [0.717, 1.165) is 5.56 Å². The van der Waals surface area contributed by atoms with Gasteiger partial charge in [0, 0.05) is 6.42 Å². The van der Waals surface area contributed by atoms with Crippen molar-refractivity contribution in [3.63, 3.8) is 0 Å². The maximum absolute atomic E-state index is 12.9. The number of hydrogen-bond acceptors (Lipinski definition) is 6. The smallest absolute Gasteiger partial charge is 0.408 e. The molecule has 0 radical (unpaired) electrons. The van der Waals surface area contributed by atoms with E-state index in [1.165, 1.54) is 20.8 Å². The van der Waals surface area contributed by atoms with Crippen LogP contribution in [0.1, 0.15) is 46.6 Å². The minimum atomic E-state index is -3.75. The Hall–Kier alpha value is -2.88. The second-order valence-corrected chi connectivity index (χ2v) is 12.0. The summed E-state index contributed by atoms with van der Waals surface area (Å²) in [7, 11) is -3.75. The monoisotopic (exact) mass is 482 g/mol. The molecule has 184 valence electrons. The number of amides is 2. The zero-order valence-electron chi connectivity index (χ0n) is 19.8. The number of carbonyl (C=O) groups is 3. The fourth-order valence-corrected chi connectivity index (χ4v) is 3.94. The highest BCUT2D eigenvalue weighted by Gasteiger charge is 2.33. The number of benzene rings is 1. The number of carbonyl (C=O) groups excluding carboxylic acids is 2. The van der Waals surface area contributed by atoms with Crippen molar-refractivity contribution in [2.45, 2.75) is 64.3 Å². The third kappa shape index (κ3) is 8.88. The Kier molecular flexibility index (Phi) is 10.1. The molecule has 1 aromatic rings. The summed E-state index contributed by atoms with van der Waals surface area (Å²) < 4.78 is 28.6. The molecular weight excluding hydrogens is 448 g/mol. The van der Waals surface area contributed by atoms with Gasteiger partial charge in [-0.2, -0.15) is 0 Å². The van der Waals surface area contributed by atoms with Crippen LogP contribution in [0.5, 0.6) is 0 Å². The fourth-order valence-electron chi connectivity index (χ4n) is 2.86. The van der Waals surface area contributed by atoms with Gasteiger partial charge < -0.3 is 20.5 Å². The van der Waals surface area contributed by atoms with E-state index in [2.05, 4.69) is 17.2 Å². The highest BCUT2D eigenvalue weighted by atomic mass is 32.2. The van der Waals surface area contributed by atoms with Crippen LogP contribution < -0.4 is 10.6 Å². The summed E-state index contributed by atoms with van der Waals surface area (Å²) in [6.45, 7) is 11.1. The molecule has 2 atom stereocenters. The largest absolute Gasteiger partial charge is 0.480 e. The lowest BCUT2D eigenvalue weighted by molar-refractivity contribution is -0.142. The molecular formula is C23H34N2O7S. The molecule has 0 bridgehead atoms. The molecule has 0 aromatic heterocycles. The van der Waals surface area contributed by atoms with Crippen molar-refractivity contribution in [1.29, 1.82) is 0 Å². The number of alkyl carbamates (subject to hydrolysis) is 1. The van der Waals surface area contributed by atoms with Crippen molar-refractivity contribution in [2.24, 2.45) is 5.92 Å². The van der Waals surface area contributed by atoms with Crippen LogP contribution in [0.2, 0.25) is 0 Å². The van der Waals surface area contributed by atoms with Gasteiger partial charge in [-0.25, -0.2) is 18.0 Å². The quantitative estimate of drug-likeness (QED) is 0.441. The molecule has 1 rings (SSSR count). The minimum Gasteiger partial charge on any atom is -0.480 e. The van der Waals surface area contributed by atoms with Crippen LogP contribution in [0.15, 0.2) is 41.8 Å². The van der Waals surface area contributed by atoms with E-state index in [1.54, 1.807) is 30.3 Å². The van der Waals surface area contributed by atoms with E-state index in [1.807, 2.05) is 13.8 Å². The normalized spacial score (nSPS) is 13.6. The summed E-state index contributed by atoms with van der Waals surface area (Å²) in [6.07, 6.45) is -0.725.